The van der Waals surface area contributed by atoms with E-state index in [-0.39, 0.29) is 13.0 Å². The summed E-state index contributed by atoms with van der Waals surface area (Å²) in [5.74, 6) is -0.784. The van der Waals surface area contributed by atoms with Gasteiger partial charge in [-0.25, -0.2) is 4.79 Å². The van der Waals surface area contributed by atoms with E-state index in [4.69, 9.17) is 15.8 Å². The summed E-state index contributed by atoms with van der Waals surface area (Å²) in [7, 11) is 0. The van der Waals surface area contributed by atoms with Crippen LogP contribution in [0, 0.1) is 34.6 Å². The fourth-order valence-electron chi connectivity index (χ4n) is 1.04. The van der Waals surface area contributed by atoms with Gasteiger partial charge in [0.1, 0.15) is 6.61 Å². The van der Waals surface area contributed by atoms with E-state index in [1.807, 2.05) is 0 Å². The van der Waals surface area contributed by atoms with E-state index in [0.717, 1.165) is 0 Å². The first kappa shape index (κ1) is 15.3. The summed E-state index contributed by atoms with van der Waals surface area (Å²) in [4.78, 5) is 11.4. The molecular formula is C10H11N3O5. The van der Waals surface area contributed by atoms with Crippen molar-refractivity contribution in [2.24, 2.45) is 0 Å². The van der Waals surface area contributed by atoms with Gasteiger partial charge >= 0.3 is 5.97 Å². The van der Waals surface area contributed by atoms with Gasteiger partial charge in [0.25, 0.3) is 18.8 Å². The highest BCUT2D eigenvalue weighted by molar-refractivity contribution is 5.74. The Morgan fingerprint density at radius 2 is 1.78 bits per heavy atom. The van der Waals surface area contributed by atoms with Gasteiger partial charge in [-0.15, -0.1) is 0 Å². The smallest absolute Gasteiger partial charge is 0.351 e. The summed E-state index contributed by atoms with van der Waals surface area (Å²) in [6.45, 7) is -0.277. The maximum absolute atomic E-state index is 11.4. The van der Waals surface area contributed by atoms with Crippen LogP contribution in [0.1, 0.15) is 19.3 Å². The highest BCUT2D eigenvalue weighted by Gasteiger charge is 2.21. The monoisotopic (exact) mass is 253 g/mol. The first-order valence-corrected chi connectivity index (χ1v) is 4.99. The molecule has 0 amide bonds. The second kappa shape index (κ2) is 10.8. The third-order valence-electron chi connectivity index (χ3n) is 1.81. The van der Waals surface area contributed by atoms with E-state index in [9.17, 15) is 4.79 Å². The fourth-order valence-corrected chi connectivity index (χ4v) is 1.04. The Kier molecular flexibility index (Phi) is 9.24. The number of unbranched alkanes of at least 4 members (excludes halogenated alkanes) is 1. The Morgan fingerprint density at radius 1 is 1.06 bits per heavy atom. The molecule has 8 heteroatoms. The maximum Gasteiger partial charge on any atom is 0.351 e. The van der Waals surface area contributed by atoms with Crippen LogP contribution in [-0.4, -0.2) is 25.5 Å². The van der Waals surface area contributed by atoms with Gasteiger partial charge < -0.3 is 18.9 Å². The van der Waals surface area contributed by atoms with E-state index < -0.39 is 18.9 Å². The lowest BCUT2D eigenvalue weighted by atomic mass is 10.1. The number of nitrogens with zero attached hydrogens (tertiary/aromatic N) is 3. The van der Waals surface area contributed by atoms with Gasteiger partial charge in [0.05, 0.1) is 0 Å². The van der Waals surface area contributed by atoms with E-state index >= 15 is 0 Å². The molecule has 0 radical (unpaired) electrons. The molecule has 0 aliphatic heterocycles. The summed E-state index contributed by atoms with van der Waals surface area (Å²) < 4.78 is 17.7. The molecule has 0 aliphatic rings. The molecule has 18 heavy (non-hydrogen) atoms. The summed E-state index contributed by atoms with van der Waals surface area (Å²) in [6, 6.07) is 0. The van der Waals surface area contributed by atoms with Crippen LogP contribution >= 0.6 is 0 Å². The first-order valence-electron chi connectivity index (χ1n) is 4.99. The molecular weight excluding hydrogens is 242 g/mol. The van der Waals surface area contributed by atoms with Crippen LogP contribution in [-0.2, 0) is 23.7 Å². The molecule has 1 unspecified atom stereocenters. The van der Waals surface area contributed by atoms with E-state index in [0.29, 0.717) is 12.8 Å². The number of esters is 1. The molecule has 0 spiro atoms. The number of rotatable bonds is 9. The molecule has 0 saturated heterocycles. The SMILES string of the molecule is N#COCCCCC(OC#N)C(=O)OCOC#N. The topological polar surface area (TPSA) is 125 Å². The minimum absolute atomic E-state index is 0.238. The zero-order chi connectivity index (χ0) is 13.6. The van der Waals surface area contributed by atoms with Crippen LogP contribution in [0.3, 0.4) is 0 Å². The quantitative estimate of drug-likeness (QED) is 0.252. The number of hydrogen-bond donors (Lipinski definition) is 0. The van der Waals surface area contributed by atoms with Crippen molar-refractivity contribution in [3.05, 3.63) is 0 Å². The van der Waals surface area contributed by atoms with Gasteiger partial charge in [0, 0.05) is 0 Å². The van der Waals surface area contributed by atoms with Crippen LogP contribution in [0.2, 0.25) is 0 Å². The van der Waals surface area contributed by atoms with Crippen LogP contribution in [0.15, 0.2) is 0 Å². The van der Waals surface area contributed by atoms with Crippen molar-refractivity contribution < 1.29 is 23.7 Å². The molecule has 0 aromatic heterocycles. The molecule has 1 atom stereocenters. The zero-order valence-corrected chi connectivity index (χ0v) is 9.50. The summed E-state index contributed by atoms with van der Waals surface area (Å²) in [6.07, 6.45) is 4.51. The van der Waals surface area contributed by atoms with Crippen molar-refractivity contribution >= 4 is 5.97 Å². The predicted octanol–water partition coefficient (Wildman–Crippen LogP) is 0.519. The minimum atomic E-state index is -1.04. The minimum Gasteiger partial charge on any atom is -0.428 e. The van der Waals surface area contributed by atoms with Crippen molar-refractivity contribution in [3.63, 3.8) is 0 Å². The average molecular weight is 253 g/mol. The molecule has 0 heterocycles. The number of hydrogen-bond acceptors (Lipinski definition) is 8. The number of ether oxygens (including phenoxy) is 4. The van der Waals surface area contributed by atoms with E-state index in [1.54, 1.807) is 0 Å². The Morgan fingerprint density at radius 3 is 2.39 bits per heavy atom. The average Bonchev–Trinajstić information content (AvgIpc) is 2.37. The van der Waals surface area contributed by atoms with Gasteiger partial charge in [-0.3, -0.25) is 0 Å². The highest BCUT2D eigenvalue weighted by atomic mass is 16.7. The summed E-state index contributed by atoms with van der Waals surface area (Å²) in [5, 5.41) is 24.5. The van der Waals surface area contributed by atoms with Gasteiger partial charge in [-0.2, -0.15) is 15.8 Å². The molecule has 96 valence electrons. The highest BCUT2D eigenvalue weighted by Crippen LogP contribution is 2.07. The van der Waals surface area contributed by atoms with Gasteiger partial charge in [0.2, 0.25) is 12.9 Å². The van der Waals surface area contributed by atoms with Crippen molar-refractivity contribution in [1.82, 2.24) is 0 Å². The third kappa shape index (κ3) is 7.61. The van der Waals surface area contributed by atoms with Crippen LogP contribution in [0.25, 0.3) is 0 Å². The predicted molar refractivity (Wildman–Crippen MR) is 53.6 cm³/mol. The van der Waals surface area contributed by atoms with Gasteiger partial charge in [-0.1, -0.05) is 0 Å². The van der Waals surface area contributed by atoms with Crippen molar-refractivity contribution in [3.8, 4) is 18.8 Å². The zero-order valence-electron chi connectivity index (χ0n) is 9.50. The summed E-state index contributed by atoms with van der Waals surface area (Å²) in [5.41, 5.74) is 0. The second-order valence-electron chi connectivity index (χ2n) is 2.95. The lowest BCUT2D eigenvalue weighted by Gasteiger charge is -2.11. The fraction of sp³-hybridized carbons (Fsp3) is 0.600. The standard InChI is InChI=1S/C10H11N3O5/c11-5-15-4-2-1-3-9(17-7-13)10(14)18-8-16-6-12/h9H,1-4,8H2. The van der Waals surface area contributed by atoms with Crippen LogP contribution in [0.5, 0.6) is 0 Å². The first-order chi connectivity index (χ1) is 8.76. The van der Waals surface area contributed by atoms with Crippen molar-refractivity contribution in [2.75, 3.05) is 13.4 Å². The number of carbonyl (C=O) groups excluding carboxylic acids is 1. The number of nitriles is 3. The molecule has 0 aromatic carbocycles. The Labute approximate surface area is 104 Å². The molecule has 0 saturated carbocycles. The van der Waals surface area contributed by atoms with E-state index in [2.05, 4.69) is 18.9 Å². The molecule has 0 fully saturated rings. The summed E-state index contributed by atoms with van der Waals surface area (Å²) >= 11 is 0. The van der Waals surface area contributed by atoms with Crippen LogP contribution < -0.4 is 0 Å². The molecule has 0 aromatic rings. The Hall–Kier alpha value is -2.66. The van der Waals surface area contributed by atoms with Crippen LogP contribution in [0.4, 0.5) is 0 Å². The molecule has 0 N–H and O–H groups in total. The van der Waals surface area contributed by atoms with Gasteiger partial charge in [0.15, 0.2) is 0 Å². The normalized spacial score (nSPS) is 10.1. The Bertz CT molecular complexity index is 365. The lowest BCUT2D eigenvalue weighted by Crippen LogP contribution is -2.26. The Balaban J connectivity index is 3.91. The maximum atomic E-state index is 11.4. The van der Waals surface area contributed by atoms with E-state index in [1.165, 1.54) is 18.8 Å². The largest absolute Gasteiger partial charge is 0.428 e. The molecule has 0 aliphatic carbocycles. The third-order valence-corrected chi connectivity index (χ3v) is 1.81. The van der Waals surface area contributed by atoms with Gasteiger partial charge in [-0.05, 0) is 19.3 Å². The second-order valence-corrected chi connectivity index (χ2v) is 2.95. The molecule has 0 rings (SSSR count). The molecule has 8 nitrogen and oxygen atoms in total. The van der Waals surface area contributed by atoms with Crippen molar-refractivity contribution in [2.45, 2.75) is 25.4 Å². The lowest BCUT2D eigenvalue weighted by molar-refractivity contribution is -0.162. The number of carbonyl (C=O) groups is 1. The molecule has 0 bridgehead atoms. The van der Waals surface area contributed by atoms with Crippen molar-refractivity contribution in [1.29, 1.82) is 15.8 Å².